The summed E-state index contributed by atoms with van der Waals surface area (Å²) >= 11 is 6.28. The van der Waals surface area contributed by atoms with Gasteiger partial charge in [-0.05, 0) is 79.9 Å². The fourth-order valence-corrected chi connectivity index (χ4v) is 3.27. The molecule has 0 saturated carbocycles. The number of thiol groups is 1. The normalized spacial score (nSPS) is 11.8. The molecular formula is C18H28S2. The summed E-state index contributed by atoms with van der Waals surface area (Å²) in [5.41, 5.74) is 3.10. The van der Waals surface area contributed by atoms with Gasteiger partial charge in [0.15, 0.2) is 0 Å². The third-order valence-electron chi connectivity index (χ3n) is 3.55. The number of hydrogen-bond acceptors (Lipinski definition) is 2. The number of allylic oxidation sites excluding steroid dienone is 2. The van der Waals surface area contributed by atoms with Gasteiger partial charge in [0.25, 0.3) is 0 Å². The lowest BCUT2D eigenvalue weighted by Crippen LogP contribution is -1.96. The zero-order valence-electron chi connectivity index (χ0n) is 12.9. The molecule has 0 saturated heterocycles. The Balaban J connectivity index is 2.32. The van der Waals surface area contributed by atoms with E-state index >= 15 is 0 Å². The number of benzene rings is 1. The Morgan fingerprint density at radius 3 is 2.20 bits per heavy atom. The van der Waals surface area contributed by atoms with Crippen molar-refractivity contribution in [3.8, 4) is 0 Å². The fraction of sp³-hybridized carbons (Fsp3) is 0.556. The molecule has 0 nitrogen and oxygen atoms in total. The van der Waals surface area contributed by atoms with Crippen molar-refractivity contribution in [2.24, 2.45) is 0 Å². The van der Waals surface area contributed by atoms with Crippen LogP contribution in [-0.2, 0) is 12.8 Å². The molecule has 0 aromatic heterocycles. The topological polar surface area (TPSA) is 0 Å². The van der Waals surface area contributed by atoms with Crippen molar-refractivity contribution >= 4 is 24.4 Å². The average molecular weight is 309 g/mol. The Labute approximate surface area is 134 Å². The van der Waals surface area contributed by atoms with Gasteiger partial charge in [-0.25, -0.2) is 0 Å². The number of rotatable bonds is 10. The van der Waals surface area contributed by atoms with E-state index in [0.717, 1.165) is 5.75 Å². The van der Waals surface area contributed by atoms with Crippen LogP contribution in [0.15, 0.2) is 35.2 Å². The second kappa shape index (κ2) is 11.3. The number of hydrogen-bond donors (Lipinski definition) is 1. The van der Waals surface area contributed by atoms with Gasteiger partial charge in [0, 0.05) is 0 Å². The zero-order valence-corrected chi connectivity index (χ0v) is 14.6. The predicted octanol–water partition coefficient (Wildman–Crippen LogP) is 5.92. The Hall–Kier alpha value is -0.340. The average Bonchev–Trinajstić information content (AvgIpc) is 2.48. The van der Waals surface area contributed by atoms with E-state index in [-0.39, 0.29) is 0 Å². The van der Waals surface area contributed by atoms with E-state index in [2.05, 4.69) is 56.8 Å². The molecule has 0 unspecified atom stereocenters. The molecule has 0 N–H and O–H groups in total. The van der Waals surface area contributed by atoms with Crippen LogP contribution in [0.1, 0.15) is 50.7 Å². The van der Waals surface area contributed by atoms with Gasteiger partial charge in [0.05, 0.1) is 0 Å². The minimum Gasteiger partial charge on any atom is -0.179 e. The first kappa shape index (κ1) is 17.7. The summed E-state index contributed by atoms with van der Waals surface area (Å²) in [6.07, 6.45) is 9.72. The number of thioether (sulfide) groups is 1. The number of aryl methyl sites for hydroxylation is 2. The van der Waals surface area contributed by atoms with Gasteiger partial charge in [-0.15, -0.1) is 11.8 Å². The summed E-state index contributed by atoms with van der Waals surface area (Å²) < 4.78 is 0. The fourth-order valence-electron chi connectivity index (χ4n) is 2.21. The molecule has 0 fully saturated rings. The molecule has 0 aliphatic heterocycles. The maximum atomic E-state index is 4.29. The lowest BCUT2D eigenvalue weighted by molar-refractivity contribution is 0.765. The van der Waals surface area contributed by atoms with Crippen LogP contribution in [0.3, 0.4) is 0 Å². The molecule has 0 bridgehead atoms. The van der Waals surface area contributed by atoms with Gasteiger partial charge in [0.1, 0.15) is 0 Å². The van der Waals surface area contributed by atoms with E-state index in [9.17, 15) is 0 Å². The highest BCUT2D eigenvalue weighted by molar-refractivity contribution is 8.03. The first-order chi connectivity index (χ1) is 9.77. The molecule has 0 aliphatic carbocycles. The monoisotopic (exact) mass is 308 g/mol. The molecule has 112 valence electrons. The van der Waals surface area contributed by atoms with Crippen LogP contribution in [-0.4, -0.2) is 11.5 Å². The van der Waals surface area contributed by atoms with Gasteiger partial charge in [-0.3, -0.25) is 0 Å². The highest BCUT2D eigenvalue weighted by atomic mass is 32.2. The lowest BCUT2D eigenvalue weighted by Gasteiger charge is -2.09. The van der Waals surface area contributed by atoms with E-state index in [1.807, 2.05) is 11.8 Å². The molecule has 1 rings (SSSR count). The molecule has 0 atom stereocenters. The second-order valence-corrected chi connectivity index (χ2v) is 6.94. The van der Waals surface area contributed by atoms with Gasteiger partial charge in [-0.1, -0.05) is 30.3 Å². The molecule has 20 heavy (non-hydrogen) atoms. The largest absolute Gasteiger partial charge is 0.179 e. The Kier molecular flexibility index (Phi) is 10.0. The molecule has 0 amide bonds. The van der Waals surface area contributed by atoms with Crippen LogP contribution in [0.5, 0.6) is 0 Å². The van der Waals surface area contributed by atoms with Crippen molar-refractivity contribution in [2.75, 3.05) is 11.5 Å². The smallest absolute Gasteiger partial charge is 0.00233 e. The van der Waals surface area contributed by atoms with Crippen LogP contribution in [0.2, 0.25) is 0 Å². The summed E-state index contributed by atoms with van der Waals surface area (Å²) in [6.45, 7) is 4.31. The highest BCUT2D eigenvalue weighted by Crippen LogP contribution is 2.19. The number of unbranched alkanes of at least 4 members (excludes halogenated alkanes) is 2. The van der Waals surface area contributed by atoms with Gasteiger partial charge in [0.2, 0.25) is 0 Å². The maximum absolute atomic E-state index is 4.29. The summed E-state index contributed by atoms with van der Waals surface area (Å²) in [7, 11) is 0. The minimum atomic E-state index is 1.00. The zero-order chi connectivity index (χ0) is 14.6. The minimum absolute atomic E-state index is 1.00. The molecule has 2 heteroatoms. The first-order valence-electron chi connectivity index (χ1n) is 7.71. The van der Waals surface area contributed by atoms with E-state index < -0.39 is 0 Å². The molecule has 0 spiro atoms. The second-order valence-electron chi connectivity index (χ2n) is 5.15. The van der Waals surface area contributed by atoms with E-state index in [0.29, 0.717) is 0 Å². The summed E-state index contributed by atoms with van der Waals surface area (Å²) in [6, 6.07) is 8.95. The van der Waals surface area contributed by atoms with Crippen molar-refractivity contribution in [1.29, 1.82) is 0 Å². The molecule has 0 heterocycles. The summed E-state index contributed by atoms with van der Waals surface area (Å²) in [5, 5.41) is 0. The van der Waals surface area contributed by atoms with Crippen LogP contribution in [0.4, 0.5) is 0 Å². The van der Waals surface area contributed by atoms with Gasteiger partial charge < -0.3 is 0 Å². The molecule has 0 radical (unpaired) electrons. The van der Waals surface area contributed by atoms with Crippen molar-refractivity contribution in [3.63, 3.8) is 0 Å². The highest BCUT2D eigenvalue weighted by Gasteiger charge is 2.02. The van der Waals surface area contributed by atoms with Crippen molar-refractivity contribution in [3.05, 3.63) is 46.4 Å². The predicted molar refractivity (Wildman–Crippen MR) is 98.1 cm³/mol. The van der Waals surface area contributed by atoms with E-state index in [1.165, 1.54) is 49.2 Å². The Bertz CT molecular complexity index is 396. The Morgan fingerprint density at radius 1 is 1.05 bits per heavy atom. The van der Waals surface area contributed by atoms with E-state index in [4.69, 9.17) is 0 Å². The maximum Gasteiger partial charge on any atom is -0.00233 e. The standard InChI is InChI=1S/C18H28S2/c1-3-16(2)20-15-9-7-13-18-11-5-4-10-17(18)12-6-8-14-19/h3-5,10-11,19H,6-9,12-15H2,1-2H3/b16-3+. The first-order valence-corrected chi connectivity index (χ1v) is 9.33. The lowest BCUT2D eigenvalue weighted by atomic mass is 9.98. The van der Waals surface area contributed by atoms with Crippen LogP contribution < -0.4 is 0 Å². The Morgan fingerprint density at radius 2 is 1.65 bits per heavy atom. The van der Waals surface area contributed by atoms with Crippen molar-refractivity contribution < 1.29 is 0 Å². The van der Waals surface area contributed by atoms with Crippen molar-refractivity contribution in [2.45, 2.75) is 52.4 Å². The third-order valence-corrected chi connectivity index (χ3v) is 5.05. The third kappa shape index (κ3) is 7.44. The molecule has 0 aliphatic rings. The van der Waals surface area contributed by atoms with Gasteiger partial charge >= 0.3 is 0 Å². The van der Waals surface area contributed by atoms with E-state index in [1.54, 1.807) is 11.1 Å². The van der Waals surface area contributed by atoms with Crippen LogP contribution >= 0.6 is 24.4 Å². The van der Waals surface area contributed by atoms with Crippen molar-refractivity contribution in [1.82, 2.24) is 0 Å². The molecular weight excluding hydrogens is 280 g/mol. The SMILES string of the molecule is C/C=C(\C)SCCCCc1ccccc1CCCCS. The summed E-state index contributed by atoms with van der Waals surface area (Å²) in [5.74, 6) is 2.25. The quantitative estimate of drug-likeness (QED) is 0.413. The van der Waals surface area contributed by atoms with Crippen LogP contribution in [0, 0.1) is 0 Å². The summed E-state index contributed by atoms with van der Waals surface area (Å²) in [4.78, 5) is 1.44. The van der Waals surface area contributed by atoms with Gasteiger partial charge in [-0.2, -0.15) is 12.6 Å². The van der Waals surface area contributed by atoms with Crippen LogP contribution in [0.25, 0.3) is 0 Å². The molecule has 1 aromatic carbocycles. The molecule has 1 aromatic rings.